The fraction of sp³-hybridized carbons (Fsp3) is 0.273. The Morgan fingerprint density at radius 1 is 1.44 bits per heavy atom. The number of nitrogens with zero attached hydrogens (tertiary/aromatic N) is 3. The van der Waals surface area contributed by atoms with E-state index in [4.69, 9.17) is 4.52 Å². The average molecular weight is 265 g/mol. The van der Waals surface area contributed by atoms with Crippen molar-refractivity contribution in [2.24, 2.45) is 0 Å². The zero-order valence-corrected chi connectivity index (χ0v) is 9.98. The summed E-state index contributed by atoms with van der Waals surface area (Å²) in [6.45, 7) is 0. The molecule has 1 aliphatic heterocycles. The Morgan fingerprint density at radius 3 is 3.00 bits per heavy atom. The maximum absolute atomic E-state index is 12.7. The molecule has 1 unspecified atom stereocenters. The first-order chi connectivity index (χ1) is 8.74. The number of carbonyl (C=O) groups is 1. The van der Waals surface area contributed by atoms with Crippen LogP contribution in [0.25, 0.3) is 11.5 Å². The number of rotatable bonds is 2. The number of halogens is 1. The topological polar surface area (TPSA) is 68.9 Å². The van der Waals surface area contributed by atoms with Crippen LogP contribution in [0.15, 0.2) is 22.9 Å². The average Bonchev–Trinajstić information content (AvgIpc) is 2.98. The highest BCUT2D eigenvalue weighted by atomic mass is 32.2. The molecular weight excluding hydrogens is 257 g/mol. The van der Waals surface area contributed by atoms with Gasteiger partial charge >= 0.3 is 0 Å². The van der Waals surface area contributed by atoms with Crippen molar-refractivity contribution in [1.29, 1.82) is 0 Å². The number of aromatic nitrogens is 3. The van der Waals surface area contributed by atoms with Gasteiger partial charge in [0.05, 0.1) is 11.9 Å². The standard InChI is InChI=1S/C11H8FN3O2S/c12-6-1-2-8(13-3-6)10-14-11(17-15-10)7-4-18-5-9(7)16/h1-3,7H,4-5H2. The van der Waals surface area contributed by atoms with Crippen LogP contribution in [0, 0.1) is 5.82 Å². The molecule has 0 aliphatic carbocycles. The second kappa shape index (κ2) is 4.49. The van der Waals surface area contributed by atoms with Gasteiger partial charge in [-0.25, -0.2) is 9.37 Å². The third kappa shape index (κ3) is 2.01. The third-order valence-electron chi connectivity index (χ3n) is 2.61. The Hall–Kier alpha value is -1.76. The van der Waals surface area contributed by atoms with Crippen molar-refractivity contribution >= 4 is 17.5 Å². The molecule has 2 aromatic heterocycles. The van der Waals surface area contributed by atoms with Gasteiger partial charge < -0.3 is 4.52 Å². The number of hydrogen-bond acceptors (Lipinski definition) is 6. The van der Waals surface area contributed by atoms with E-state index >= 15 is 0 Å². The molecule has 1 aliphatic rings. The molecule has 0 aromatic carbocycles. The van der Waals surface area contributed by atoms with E-state index in [0.29, 0.717) is 23.1 Å². The fourth-order valence-electron chi connectivity index (χ4n) is 1.67. The molecule has 7 heteroatoms. The van der Waals surface area contributed by atoms with E-state index < -0.39 is 5.82 Å². The lowest BCUT2D eigenvalue weighted by atomic mass is 10.1. The minimum Gasteiger partial charge on any atom is -0.338 e. The maximum atomic E-state index is 12.7. The molecule has 3 heterocycles. The summed E-state index contributed by atoms with van der Waals surface area (Å²) in [5.41, 5.74) is 0.421. The second-order valence-corrected chi connectivity index (χ2v) is 4.88. The molecule has 0 amide bonds. The van der Waals surface area contributed by atoms with Crippen LogP contribution in [0.1, 0.15) is 11.8 Å². The van der Waals surface area contributed by atoms with E-state index in [9.17, 15) is 9.18 Å². The Balaban J connectivity index is 1.89. The van der Waals surface area contributed by atoms with Crippen LogP contribution >= 0.6 is 11.8 Å². The van der Waals surface area contributed by atoms with E-state index in [1.165, 1.54) is 12.1 Å². The summed E-state index contributed by atoms with van der Waals surface area (Å²) in [6.07, 6.45) is 1.09. The summed E-state index contributed by atoms with van der Waals surface area (Å²) in [5, 5.41) is 3.76. The number of hydrogen-bond donors (Lipinski definition) is 0. The van der Waals surface area contributed by atoms with E-state index in [0.717, 1.165) is 6.20 Å². The summed E-state index contributed by atoms with van der Waals surface area (Å²) in [6, 6.07) is 2.74. The lowest BCUT2D eigenvalue weighted by Gasteiger charge is -1.97. The zero-order valence-electron chi connectivity index (χ0n) is 9.17. The molecule has 0 N–H and O–H groups in total. The van der Waals surface area contributed by atoms with Crippen molar-refractivity contribution in [2.45, 2.75) is 5.92 Å². The zero-order chi connectivity index (χ0) is 12.5. The van der Waals surface area contributed by atoms with E-state index in [2.05, 4.69) is 15.1 Å². The summed E-state index contributed by atoms with van der Waals surface area (Å²) >= 11 is 1.55. The molecule has 1 fully saturated rings. The highest BCUT2D eigenvalue weighted by Crippen LogP contribution is 2.29. The largest absolute Gasteiger partial charge is 0.338 e. The van der Waals surface area contributed by atoms with Gasteiger partial charge in [-0.3, -0.25) is 4.79 Å². The smallest absolute Gasteiger partial charge is 0.238 e. The number of carbonyl (C=O) groups excluding carboxylic acids is 1. The first-order valence-corrected chi connectivity index (χ1v) is 6.45. The molecule has 0 spiro atoms. The molecule has 1 saturated heterocycles. The first kappa shape index (κ1) is 11.3. The summed E-state index contributed by atoms with van der Waals surface area (Å²) in [4.78, 5) is 19.6. The van der Waals surface area contributed by atoms with Crippen molar-refractivity contribution in [3.8, 4) is 11.5 Å². The molecule has 5 nitrogen and oxygen atoms in total. The molecule has 92 valence electrons. The summed E-state index contributed by atoms with van der Waals surface area (Å²) < 4.78 is 17.8. The summed E-state index contributed by atoms with van der Waals surface area (Å²) in [5.74, 6) is 1.08. The fourth-order valence-corrected chi connectivity index (χ4v) is 2.75. The molecule has 0 radical (unpaired) electrons. The number of thioether (sulfide) groups is 1. The van der Waals surface area contributed by atoms with Gasteiger partial charge in [0, 0.05) is 5.75 Å². The number of ketones is 1. The molecule has 1 atom stereocenters. The molecule has 3 rings (SSSR count). The van der Waals surface area contributed by atoms with Gasteiger partial charge in [0.25, 0.3) is 0 Å². The van der Waals surface area contributed by atoms with Crippen LogP contribution in [0.5, 0.6) is 0 Å². The Bertz CT molecular complexity index is 584. The maximum Gasteiger partial charge on any atom is 0.238 e. The van der Waals surface area contributed by atoms with Gasteiger partial charge in [-0.05, 0) is 12.1 Å². The van der Waals surface area contributed by atoms with Crippen molar-refractivity contribution in [3.05, 3.63) is 30.0 Å². The van der Waals surface area contributed by atoms with E-state index in [-0.39, 0.29) is 17.5 Å². The van der Waals surface area contributed by atoms with Crippen molar-refractivity contribution in [1.82, 2.24) is 15.1 Å². The van der Waals surface area contributed by atoms with Gasteiger partial charge in [-0.15, -0.1) is 0 Å². The lowest BCUT2D eigenvalue weighted by Crippen LogP contribution is -2.09. The van der Waals surface area contributed by atoms with Crippen LogP contribution in [-0.2, 0) is 4.79 Å². The minimum absolute atomic E-state index is 0.0993. The monoisotopic (exact) mass is 265 g/mol. The first-order valence-electron chi connectivity index (χ1n) is 5.30. The molecule has 0 bridgehead atoms. The predicted octanol–water partition coefficient (Wildman–Crippen LogP) is 1.67. The van der Waals surface area contributed by atoms with E-state index in [1.54, 1.807) is 11.8 Å². The third-order valence-corrected chi connectivity index (χ3v) is 3.67. The van der Waals surface area contributed by atoms with Gasteiger partial charge in [0.1, 0.15) is 17.4 Å². The normalized spacial score (nSPS) is 19.4. The number of pyridine rings is 1. The van der Waals surface area contributed by atoms with Crippen LogP contribution in [0.3, 0.4) is 0 Å². The van der Waals surface area contributed by atoms with Crippen LogP contribution in [0.2, 0.25) is 0 Å². The van der Waals surface area contributed by atoms with Gasteiger partial charge in [0.15, 0.2) is 5.78 Å². The van der Waals surface area contributed by atoms with Crippen LogP contribution < -0.4 is 0 Å². The second-order valence-electron chi connectivity index (χ2n) is 3.85. The molecule has 0 saturated carbocycles. The highest BCUT2D eigenvalue weighted by Gasteiger charge is 2.31. The molecule has 18 heavy (non-hydrogen) atoms. The van der Waals surface area contributed by atoms with Gasteiger partial charge in [-0.2, -0.15) is 16.7 Å². The van der Waals surface area contributed by atoms with Crippen molar-refractivity contribution < 1.29 is 13.7 Å². The Labute approximate surface area is 106 Å². The number of Topliss-reactive ketones (excluding diaryl/α,β-unsaturated/α-hetero) is 1. The van der Waals surface area contributed by atoms with Gasteiger partial charge in [0.2, 0.25) is 11.7 Å². The Morgan fingerprint density at radius 2 is 2.33 bits per heavy atom. The minimum atomic E-state index is -0.426. The van der Waals surface area contributed by atoms with Crippen molar-refractivity contribution in [2.75, 3.05) is 11.5 Å². The molecular formula is C11H8FN3O2S. The van der Waals surface area contributed by atoms with Gasteiger partial charge in [-0.1, -0.05) is 5.16 Å². The highest BCUT2D eigenvalue weighted by molar-refractivity contribution is 8.00. The Kier molecular flexibility index (Phi) is 2.83. The van der Waals surface area contributed by atoms with Crippen LogP contribution in [-0.4, -0.2) is 32.4 Å². The van der Waals surface area contributed by atoms with E-state index in [1.807, 2.05) is 0 Å². The van der Waals surface area contributed by atoms with Crippen molar-refractivity contribution in [3.63, 3.8) is 0 Å². The predicted molar refractivity (Wildman–Crippen MR) is 62.6 cm³/mol. The lowest BCUT2D eigenvalue weighted by molar-refractivity contribution is -0.117. The molecule has 2 aromatic rings. The van der Waals surface area contributed by atoms with Crippen LogP contribution in [0.4, 0.5) is 4.39 Å². The summed E-state index contributed by atoms with van der Waals surface area (Å²) in [7, 11) is 0. The quantitative estimate of drug-likeness (QED) is 0.822. The SMILES string of the molecule is O=C1CSCC1c1nc(-c2ccc(F)cn2)no1.